The van der Waals surface area contributed by atoms with Gasteiger partial charge in [0.15, 0.2) is 0 Å². The molecule has 0 bridgehead atoms. The molecule has 0 aromatic rings. The van der Waals surface area contributed by atoms with E-state index in [0.717, 1.165) is 32.2 Å². The molecule has 3 rings (SSSR count). The normalized spacial score (nSPS) is 29.7. The summed E-state index contributed by atoms with van der Waals surface area (Å²) in [4.78, 5) is 27.3. The molecule has 1 saturated heterocycles. The molecule has 2 amide bonds. The van der Waals surface area contributed by atoms with Crippen LogP contribution in [-0.2, 0) is 4.79 Å². The van der Waals surface area contributed by atoms with Gasteiger partial charge in [-0.1, -0.05) is 12.8 Å². The Bertz CT molecular complexity index is 393. The first-order valence-electron chi connectivity index (χ1n) is 7.96. The van der Waals surface area contributed by atoms with Gasteiger partial charge in [0.25, 0.3) is 0 Å². The van der Waals surface area contributed by atoms with E-state index < -0.39 is 5.97 Å². The number of rotatable bonds is 3. The molecule has 3 fully saturated rings. The van der Waals surface area contributed by atoms with E-state index in [1.165, 1.54) is 25.7 Å². The van der Waals surface area contributed by atoms with E-state index >= 15 is 0 Å². The predicted molar refractivity (Wildman–Crippen MR) is 74.4 cm³/mol. The SMILES string of the molecule is O=C(O)CN(C(=O)N1CCCC2CCCCC21)C1CC1. The number of amides is 2. The zero-order valence-electron chi connectivity index (χ0n) is 12.0. The Morgan fingerprint density at radius 2 is 1.75 bits per heavy atom. The highest BCUT2D eigenvalue weighted by molar-refractivity contribution is 5.81. The van der Waals surface area contributed by atoms with Gasteiger partial charge in [-0.15, -0.1) is 0 Å². The third-order valence-corrected chi connectivity index (χ3v) is 5.03. The maximum absolute atomic E-state index is 12.8. The summed E-state index contributed by atoms with van der Waals surface area (Å²) in [6.07, 6.45) is 9.04. The molecule has 0 spiro atoms. The Morgan fingerprint density at radius 3 is 2.45 bits per heavy atom. The molecule has 2 saturated carbocycles. The van der Waals surface area contributed by atoms with Crippen LogP contribution in [0.1, 0.15) is 51.4 Å². The molecule has 5 nitrogen and oxygen atoms in total. The average molecular weight is 280 g/mol. The maximum Gasteiger partial charge on any atom is 0.323 e. The average Bonchev–Trinajstić information content (AvgIpc) is 3.28. The van der Waals surface area contributed by atoms with Crippen LogP contribution in [0.5, 0.6) is 0 Å². The molecule has 0 radical (unpaired) electrons. The number of carboxylic acids is 1. The number of nitrogens with zero attached hydrogens (tertiary/aromatic N) is 2. The molecule has 5 heteroatoms. The zero-order valence-corrected chi connectivity index (χ0v) is 12.0. The molecule has 2 aliphatic carbocycles. The molecule has 0 aromatic heterocycles. The van der Waals surface area contributed by atoms with Crippen LogP contribution in [0.2, 0.25) is 0 Å². The minimum atomic E-state index is -0.901. The lowest BCUT2D eigenvalue weighted by Gasteiger charge is -2.45. The minimum absolute atomic E-state index is 0.0218. The van der Waals surface area contributed by atoms with Crippen LogP contribution in [0.15, 0.2) is 0 Å². The highest BCUT2D eigenvalue weighted by Gasteiger charge is 2.41. The highest BCUT2D eigenvalue weighted by Crippen LogP contribution is 2.37. The van der Waals surface area contributed by atoms with E-state index in [1.807, 2.05) is 4.90 Å². The number of urea groups is 1. The standard InChI is InChI=1S/C15H24N2O3/c18-14(19)10-17(12-7-8-12)15(20)16-9-3-5-11-4-1-2-6-13(11)16/h11-13H,1-10H2,(H,18,19). The van der Waals surface area contributed by atoms with Crippen LogP contribution in [0.3, 0.4) is 0 Å². The van der Waals surface area contributed by atoms with Crippen molar-refractivity contribution < 1.29 is 14.7 Å². The second-order valence-corrected chi connectivity index (χ2v) is 6.48. The lowest BCUT2D eigenvalue weighted by molar-refractivity contribution is -0.138. The number of hydrogen-bond acceptors (Lipinski definition) is 2. The summed E-state index contributed by atoms with van der Waals surface area (Å²) >= 11 is 0. The Labute approximate surface area is 119 Å². The van der Waals surface area contributed by atoms with Crippen molar-refractivity contribution in [3.05, 3.63) is 0 Å². The molecule has 2 unspecified atom stereocenters. The molecule has 3 aliphatic rings. The number of aliphatic carboxylic acids is 1. The van der Waals surface area contributed by atoms with Gasteiger partial charge in [-0.3, -0.25) is 4.79 Å². The van der Waals surface area contributed by atoms with Gasteiger partial charge in [0.05, 0.1) is 0 Å². The molecule has 1 N–H and O–H groups in total. The van der Waals surface area contributed by atoms with Gasteiger partial charge in [-0.2, -0.15) is 0 Å². The number of fused-ring (bicyclic) bond motifs is 1. The smallest absolute Gasteiger partial charge is 0.323 e. The van der Waals surface area contributed by atoms with E-state index in [2.05, 4.69) is 0 Å². The molecule has 0 aromatic carbocycles. The summed E-state index contributed by atoms with van der Waals surface area (Å²) in [6.45, 7) is 0.667. The van der Waals surface area contributed by atoms with E-state index in [-0.39, 0.29) is 18.6 Å². The second kappa shape index (κ2) is 5.62. The lowest BCUT2D eigenvalue weighted by Crippen LogP contribution is -2.55. The van der Waals surface area contributed by atoms with Gasteiger partial charge in [-0.25, -0.2) is 4.79 Å². The fourth-order valence-electron chi connectivity index (χ4n) is 3.91. The Balaban J connectivity index is 1.71. The molecule has 112 valence electrons. The molecule has 1 aliphatic heterocycles. The van der Waals surface area contributed by atoms with E-state index in [0.29, 0.717) is 12.0 Å². The van der Waals surface area contributed by atoms with Crippen molar-refractivity contribution in [2.45, 2.75) is 63.5 Å². The van der Waals surface area contributed by atoms with E-state index in [1.54, 1.807) is 4.90 Å². The van der Waals surface area contributed by atoms with E-state index in [4.69, 9.17) is 5.11 Å². The van der Waals surface area contributed by atoms with Crippen molar-refractivity contribution in [3.63, 3.8) is 0 Å². The fourth-order valence-corrected chi connectivity index (χ4v) is 3.91. The maximum atomic E-state index is 12.8. The summed E-state index contributed by atoms with van der Waals surface area (Å²) in [5.74, 6) is -0.255. The largest absolute Gasteiger partial charge is 0.480 e. The first kappa shape index (κ1) is 13.7. The Kier molecular flexibility index (Phi) is 3.85. The van der Waals surface area contributed by atoms with Crippen LogP contribution >= 0.6 is 0 Å². The Hall–Kier alpha value is -1.26. The van der Waals surface area contributed by atoms with Gasteiger partial charge < -0.3 is 14.9 Å². The summed E-state index contributed by atoms with van der Waals surface area (Å²) < 4.78 is 0. The van der Waals surface area contributed by atoms with Crippen molar-refractivity contribution in [2.75, 3.05) is 13.1 Å². The van der Waals surface area contributed by atoms with Crippen molar-refractivity contribution in [2.24, 2.45) is 5.92 Å². The second-order valence-electron chi connectivity index (χ2n) is 6.48. The molecule has 1 heterocycles. The van der Waals surface area contributed by atoms with Gasteiger partial charge in [0.2, 0.25) is 0 Å². The number of likely N-dealkylation sites (tertiary alicyclic amines) is 1. The first-order valence-corrected chi connectivity index (χ1v) is 7.96. The summed E-state index contributed by atoms with van der Waals surface area (Å²) in [5, 5.41) is 9.03. The molecular weight excluding hydrogens is 256 g/mol. The van der Waals surface area contributed by atoms with Gasteiger partial charge in [-0.05, 0) is 44.4 Å². The quantitative estimate of drug-likeness (QED) is 0.863. The number of hydrogen-bond donors (Lipinski definition) is 1. The van der Waals surface area contributed by atoms with Crippen molar-refractivity contribution >= 4 is 12.0 Å². The highest BCUT2D eigenvalue weighted by atomic mass is 16.4. The number of piperidine rings is 1. The summed E-state index contributed by atoms with van der Waals surface area (Å²) in [5.41, 5.74) is 0. The monoisotopic (exact) mass is 280 g/mol. The topological polar surface area (TPSA) is 60.9 Å². The lowest BCUT2D eigenvalue weighted by atomic mass is 9.78. The van der Waals surface area contributed by atoms with Gasteiger partial charge in [0, 0.05) is 18.6 Å². The van der Waals surface area contributed by atoms with Crippen molar-refractivity contribution in [3.8, 4) is 0 Å². The van der Waals surface area contributed by atoms with Crippen LogP contribution in [0.4, 0.5) is 4.79 Å². The van der Waals surface area contributed by atoms with Crippen LogP contribution < -0.4 is 0 Å². The van der Waals surface area contributed by atoms with Crippen LogP contribution in [-0.4, -0.2) is 52.1 Å². The number of carbonyl (C=O) groups excluding carboxylic acids is 1. The summed E-state index contributed by atoms with van der Waals surface area (Å²) in [7, 11) is 0. The first-order chi connectivity index (χ1) is 9.66. The van der Waals surface area contributed by atoms with Crippen molar-refractivity contribution in [1.29, 1.82) is 0 Å². The van der Waals surface area contributed by atoms with Crippen molar-refractivity contribution in [1.82, 2.24) is 9.80 Å². The zero-order chi connectivity index (χ0) is 14.1. The van der Waals surface area contributed by atoms with Crippen LogP contribution in [0.25, 0.3) is 0 Å². The predicted octanol–water partition coefficient (Wildman–Crippen LogP) is 2.31. The van der Waals surface area contributed by atoms with E-state index in [9.17, 15) is 9.59 Å². The summed E-state index contributed by atoms with van der Waals surface area (Å²) in [6, 6.07) is 0.508. The third kappa shape index (κ3) is 2.76. The molecular formula is C15H24N2O3. The number of carboxylic acid groups (broad SMARTS) is 1. The molecule has 20 heavy (non-hydrogen) atoms. The number of carbonyl (C=O) groups is 2. The Morgan fingerprint density at radius 1 is 1.05 bits per heavy atom. The van der Waals surface area contributed by atoms with Gasteiger partial charge >= 0.3 is 12.0 Å². The van der Waals surface area contributed by atoms with Crippen LogP contribution in [0, 0.1) is 5.92 Å². The minimum Gasteiger partial charge on any atom is -0.480 e. The molecule has 2 atom stereocenters. The third-order valence-electron chi connectivity index (χ3n) is 5.03. The van der Waals surface area contributed by atoms with Gasteiger partial charge in [0.1, 0.15) is 6.54 Å². The fraction of sp³-hybridized carbons (Fsp3) is 0.867.